The van der Waals surface area contributed by atoms with Crippen molar-refractivity contribution in [2.45, 2.75) is 26.3 Å². The third kappa shape index (κ3) is 3.35. The summed E-state index contributed by atoms with van der Waals surface area (Å²) >= 11 is 0. The molecule has 1 aromatic carbocycles. The monoisotopic (exact) mass is 232 g/mol. The fraction of sp³-hybridized carbons (Fsp3) is 0.417. The standard InChI is InChI=1S/C12H16N4O/c1-10-2-4-11(5-3-10)6-7-12-13-15-16(14-12)8-9-17/h2-5,17H,6-9H2,1H3. The maximum Gasteiger partial charge on any atom is 0.175 e. The Morgan fingerprint density at radius 3 is 2.65 bits per heavy atom. The molecule has 90 valence electrons. The molecule has 0 amide bonds. The van der Waals surface area contributed by atoms with Gasteiger partial charge in [0.2, 0.25) is 0 Å². The quantitative estimate of drug-likeness (QED) is 0.826. The molecular formula is C12H16N4O. The van der Waals surface area contributed by atoms with Crippen molar-refractivity contribution in [3.63, 3.8) is 0 Å². The van der Waals surface area contributed by atoms with E-state index >= 15 is 0 Å². The highest BCUT2D eigenvalue weighted by molar-refractivity contribution is 5.21. The van der Waals surface area contributed by atoms with Crippen molar-refractivity contribution in [1.82, 2.24) is 20.2 Å². The highest BCUT2D eigenvalue weighted by Gasteiger charge is 2.02. The van der Waals surface area contributed by atoms with E-state index in [1.807, 2.05) is 0 Å². The van der Waals surface area contributed by atoms with Crippen LogP contribution < -0.4 is 0 Å². The predicted octanol–water partition coefficient (Wildman–Crippen LogP) is 0.759. The fourth-order valence-corrected chi connectivity index (χ4v) is 1.57. The zero-order chi connectivity index (χ0) is 12.1. The number of aliphatic hydroxyl groups excluding tert-OH is 1. The van der Waals surface area contributed by atoms with Crippen molar-refractivity contribution < 1.29 is 5.11 Å². The number of aliphatic hydroxyl groups is 1. The van der Waals surface area contributed by atoms with Gasteiger partial charge in [-0.3, -0.25) is 0 Å². The molecular weight excluding hydrogens is 216 g/mol. The Balaban J connectivity index is 1.90. The third-order valence-electron chi connectivity index (χ3n) is 2.55. The number of rotatable bonds is 5. The maximum absolute atomic E-state index is 8.73. The lowest BCUT2D eigenvalue weighted by Gasteiger charge is -1.99. The average Bonchev–Trinajstić information content (AvgIpc) is 2.77. The molecule has 0 unspecified atom stereocenters. The molecule has 0 radical (unpaired) electrons. The van der Waals surface area contributed by atoms with Gasteiger partial charge in [-0.05, 0) is 24.1 Å². The van der Waals surface area contributed by atoms with Gasteiger partial charge >= 0.3 is 0 Å². The molecule has 1 N–H and O–H groups in total. The first-order valence-electron chi connectivity index (χ1n) is 5.71. The summed E-state index contributed by atoms with van der Waals surface area (Å²) in [7, 11) is 0. The second kappa shape index (κ2) is 5.54. The van der Waals surface area contributed by atoms with Gasteiger partial charge < -0.3 is 5.11 Å². The molecule has 0 aliphatic rings. The zero-order valence-corrected chi connectivity index (χ0v) is 9.87. The van der Waals surface area contributed by atoms with E-state index in [2.05, 4.69) is 46.6 Å². The Kier molecular flexibility index (Phi) is 3.82. The molecule has 0 saturated heterocycles. The number of aryl methyl sites for hydroxylation is 3. The maximum atomic E-state index is 8.73. The number of tetrazole rings is 1. The van der Waals surface area contributed by atoms with E-state index in [1.165, 1.54) is 15.9 Å². The van der Waals surface area contributed by atoms with Crippen LogP contribution in [0.5, 0.6) is 0 Å². The topological polar surface area (TPSA) is 63.8 Å². The van der Waals surface area contributed by atoms with E-state index < -0.39 is 0 Å². The van der Waals surface area contributed by atoms with E-state index in [9.17, 15) is 0 Å². The van der Waals surface area contributed by atoms with Crippen molar-refractivity contribution in [2.24, 2.45) is 0 Å². The summed E-state index contributed by atoms with van der Waals surface area (Å²) < 4.78 is 0. The highest BCUT2D eigenvalue weighted by Crippen LogP contribution is 2.05. The van der Waals surface area contributed by atoms with Gasteiger partial charge in [0.15, 0.2) is 5.82 Å². The summed E-state index contributed by atoms with van der Waals surface area (Å²) in [6, 6.07) is 8.44. The van der Waals surface area contributed by atoms with Gasteiger partial charge in [0, 0.05) is 6.42 Å². The zero-order valence-electron chi connectivity index (χ0n) is 9.87. The molecule has 17 heavy (non-hydrogen) atoms. The van der Waals surface area contributed by atoms with E-state index in [0.29, 0.717) is 6.54 Å². The molecule has 0 fully saturated rings. The summed E-state index contributed by atoms with van der Waals surface area (Å²) in [5.74, 6) is 0.721. The second-order valence-corrected chi connectivity index (χ2v) is 4.01. The van der Waals surface area contributed by atoms with Crippen LogP contribution in [0.3, 0.4) is 0 Å². The van der Waals surface area contributed by atoms with Gasteiger partial charge in [0.25, 0.3) is 0 Å². The van der Waals surface area contributed by atoms with Crippen LogP contribution in [0, 0.1) is 6.92 Å². The Morgan fingerprint density at radius 2 is 1.94 bits per heavy atom. The molecule has 0 aliphatic heterocycles. The predicted molar refractivity (Wildman–Crippen MR) is 63.5 cm³/mol. The van der Waals surface area contributed by atoms with Crippen molar-refractivity contribution in [1.29, 1.82) is 0 Å². The molecule has 1 aromatic heterocycles. The summed E-state index contributed by atoms with van der Waals surface area (Å²) in [5, 5.41) is 20.7. The Labute approximate surface area is 100 Å². The van der Waals surface area contributed by atoms with Crippen LogP contribution in [0.2, 0.25) is 0 Å². The summed E-state index contributed by atoms with van der Waals surface area (Å²) in [6.45, 7) is 2.51. The average molecular weight is 232 g/mol. The van der Waals surface area contributed by atoms with Gasteiger partial charge in [-0.2, -0.15) is 4.80 Å². The van der Waals surface area contributed by atoms with Crippen LogP contribution in [-0.2, 0) is 19.4 Å². The van der Waals surface area contributed by atoms with Crippen molar-refractivity contribution in [2.75, 3.05) is 6.61 Å². The van der Waals surface area contributed by atoms with Crippen LogP contribution >= 0.6 is 0 Å². The lowest BCUT2D eigenvalue weighted by molar-refractivity contribution is 0.259. The molecule has 0 aliphatic carbocycles. The van der Waals surface area contributed by atoms with E-state index in [4.69, 9.17) is 5.11 Å². The minimum absolute atomic E-state index is 0.0355. The van der Waals surface area contributed by atoms with Gasteiger partial charge in [-0.15, -0.1) is 10.2 Å². The number of aromatic nitrogens is 4. The molecule has 0 spiro atoms. The van der Waals surface area contributed by atoms with Crippen molar-refractivity contribution in [3.05, 3.63) is 41.2 Å². The Hall–Kier alpha value is -1.75. The fourth-order valence-electron chi connectivity index (χ4n) is 1.57. The Bertz CT molecular complexity index is 464. The molecule has 2 aromatic rings. The van der Waals surface area contributed by atoms with Gasteiger partial charge in [-0.25, -0.2) is 0 Å². The minimum atomic E-state index is 0.0355. The molecule has 5 heteroatoms. The van der Waals surface area contributed by atoms with E-state index in [1.54, 1.807) is 0 Å². The first kappa shape index (κ1) is 11.7. The Morgan fingerprint density at radius 1 is 1.18 bits per heavy atom. The second-order valence-electron chi connectivity index (χ2n) is 4.01. The molecule has 1 heterocycles. The summed E-state index contributed by atoms with van der Waals surface area (Å²) in [5.41, 5.74) is 2.54. The lowest BCUT2D eigenvalue weighted by Crippen LogP contribution is -2.06. The van der Waals surface area contributed by atoms with Gasteiger partial charge in [0.05, 0.1) is 13.2 Å². The number of benzene rings is 1. The molecule has 0 saturated carbocycles. The lowest BCUT2D eigenvalue weighted by atomic mass is 10.1. The van der Waals surface area contributed by atoms with Gasteiger partial charge in [-0.1, -0.05) is 29.8 Å². The van der Waals surface area contributed by atoms with Crippen LogP contribution in [0.15, 0.2) is 24.3 Å². The minimum Gasteiger partial charge on any atom is -0.394 e. The third-order valence-corrected chi connectivity index (χ3v) is 2.55. The SMILES string of the molecule is Cc1ccc(CCc2nnn(CCO)n2)cc1. The van der Waals surface area contributed by atoms with Crippen molar-refractivity contribution in [3.8, 4) is 0 Å². The number of nitrogens with zero attached hydrogens (tertiary/aromatic N) is 4. The van der Waals surface area contributed by atoms with Crippen LogP contribution in [0.1, 0.15) is 17.0 Å². The molecule has 5 nitrogen and oxygen atoms in total. The first-order chi connectivity index (χ1) is 8.28. The smallest absolute Gasteiger partial charge is 0.175 e. The normalized spacial score (nSPS) is 10.7. The highest BCUT2D eigenvalue weighted by atomic mass is 16.3. The van der Waals surface area contributed by atoms with Crippen LogP contribution in [-0.4, -0.2) is 31.9 Å². The van der Waals surface area contributed by atoms with E-state index in [-0.39, 0.29) is 6.61 Å². The molecule has 2 rings (SSSR count). The first-order valence-corrected chi connectivity index (χ1v) is 5.71. The summed E-state index contributed by atoms with van der Waals surface area (Å²) in [6.07, 6.45) is 1.68. The molecule has 0 atom stereocenters. The summed E-state index contributed by atoms with van der Waals surface area (Å²) in [4.78, 5) is 1.42. The number of hydrogen-bond acceptors (Lipinski definition) is 4. The van der Waals surface area contributed by atoms with Gasteiger partial charge in [0.1, 0.15) is 0 Å². The van der Waals surface area contributed by atoms with E-state index in [0.717, 1.165) is 18.7 Å². The number of hydrogen-bond donors (Lipinski definition) is 1. The van der Waals surface area contributed by atoms with Crippen LogP contribution in [0.4, 0.5) is 0 Å². The van der Waals surface area contributed by atoms with Crippen LogP contribution in [0.25, 0.3) is 0 Å². The largest absolute Gasteiger partial charge is 0.394 e. The molecule has 0 bridgehead atoms. The van der Waals surface area contributed by atoms with Crippen molar-refractivity contribution >= 4 is 0 Å².